The van der Waals surface area contributed by atoms with Crippen molar-refractivity contribution < 1.29 is 0 Å². The van der Waals surface area contributed by atoms with Crippen molar-refractivity contribution in [2.24, 2.45) is 7.05 Å². The Hall–Kier alpha value is -1.68. The molecule has 0 bridgehead atoms. The molecule has 3 nitrogen and oxygen atoms in total. The van der Waals surface area contributed by atoms with Gasteiger partial charge < -0.3 is 4.57 Å². The molecule has 0 saturated heterocycles. The first-order valence-corrected chi connectivity index (χ1v) is 5.90. The SMILES string of the molecule is Cc1ccc2c(=O)n(C)c3sccc3c2n1. The molecule has 4 heteroatoms. The summed E-state index contributed by atoms with van der Waals surface area (Å²) in [4.78, 5) is 17.5. The molecule has 3 aromatic rings. The van der Waals surface area contributed by atoms with Gasteiger partial charge in [0.05, 0.1) is 10.9 Å². The number of nitrogens with zero attached hydrogens (tertiary/aromatic N) is 2. The van der Waals surface area contributed by atoms with Gasteiger partial charge in [-0.25, -0.2) is 0 Å². The first-order chi connectivity index (χ1) is 7.68. The van der Waals surface area contributed by atoms with Crippen LogP contribution in [0.2, 0.25) is 0 Å². The largest absolute Gasteiger partial charge is 0.302 e. The van der Waals surface area contributed by atoms with Crippen molar-refractivity contribution in [3.63, 3.8) is 0 Å². The highest BCUT2D eigenvalue weighted by molar-refractivity contribution is 7.16. The van der Waals surface area contributed by atoms with E-state index in [9.17, 15) is 4.79 Å². The lowest BCUT2D eigenvalue weighted by Crippen LogP contribution is -2.16. The van der Waals surface area contributed by atoms with Gasteiger partial charge in [-0.15, -0.1) is 11.3 Å². The van der Waals surface area contributed by atoms with Crippen LogP contribution in [-0.4, -0.2) is 9.55 Å². The van der Waals surface area contributed by atoms with Crippen LogP contribution in [-0.2, 0) is 7.05 Å². The van der Waals surface area contributed by atoms with Gasteiger partial charge in [0, 0.05) is 18.1 Å². The molecule has 0 spiro atoms. The number of thiophene rings is 1. The Balaban J connectivity index is 2.72. The molecule has 0 saturated carbocycles. The van der Waals surface area contributed by atoms with E-state index >= 15 is 0 Å². The molecule has 80 valence electrons. The minimum atomic E-state index is 0.0254. The second-order valence-corrected chi connectivity index (χ2v) is 4.75. The third-order valence-corrected chi connectivity index (χ3v) is 3.76. The average molecular weight is 230 g/mol. The molecule has 0 aliphatic carbocycles. The van der Waals surface area contributed by atoms with E-state index in [-0.39, 0.29) is 5.56 Å². The lowest BCUT2D eigenvalue weighted by molar-refractivity contribution is 0.926. The predicted octanol–water partition coefficient (Wildman–Crippen LogP) is 2.46. The van der Waals surface area contributed by atoms with Crippen LogP contribution in [0, 0.1) is 6.92 Å². The van der Waals surface area contributed by atoms with Gasteiger partial charge in [0.2, 0.25) is 0 Å². The maximum atomic E-state index is 12.1. The second-order valence-electron chi connectivity index (χ2n) is 3.85. The fourth-order valence-electron chi connectivity index (χ4n) is 1.95. The van der Waals surface area contributed by atoms with Crippen LogP contribution < -0.4 is 5.56 Å². The molecule has 3 heterocycles. The van der Waals surface area contributed by atoms with Crippen LogP contribution in [0.15, 0.2) is 28.4 Å². The molecule has 0 atom stereocenters. The van der Waals surface area contributed by atoms with Crippen molar-refractivity contribution >= 4 is 32.5 Å². The molecular formula is C12H10N2OS. The van der Waals surface area contributed by atoms with Crippen molar-refractivity contribution in [1.29, 1.82) is 0 Å². The third-order valence-electron chi connectivity index (χ3n) is 2.77. The lowest BCUT2D eigenvalue weighted by atomic mass is 10.2. The molecule has 0 amide bonds. The summed E-state index contributed by atoms with van der Waals surface area (Å²) in [5.74, 6) is 0. The van der Waals surface area contributed by atoms with E-state index in [1.54, 1.807) is 23.0 Å². The maximum absolute atomic E-state index is 12.1. The standard InChI is InChI=1S/C12H10N2OS/c1-7-3-4-8-10(13-7)9-5-6-16-12(9)14(2)11(8)15/h3-6H,1-2H3. The van der Waals surface area contributed by atoms with Gasteiger partial charge in [0.15, 0.2) is 0 Å². The number of fused-ring (bicyclic) bond motifs is 3. The Kier molecular flexibility index (Phi) is 1.88. The Bertz CT molecular complexity index is 755. The van der Waals surface area contributed by atoms with E-state index in [0.29, 0.717) is 5.39 Å². The summed E-state index contributed by atoms with van der Waals surface area (Å²) in [6, 6.07) is 5.76. The van der Waals surface area contributed by atoms with Gasteiger partial charge in [-0.3, -0.25) is 9.78 Å². The third kappa shape index (κ3) is 1.13. The normalized spacial score (nSPS) is 11.4. The number of pyridine rings is 2. The van der Waals surface area contributed by atoms with Crippen LogP contribution in [0.5, 0.6) is 0 Å². The Morgan fingerprint density at radius 1 is 1.25 bits per heavy atom. The van der Waals surface area contributed by atoms with E-state index in [0.717, 1.165) is 21.4 Å². The van der Waals surface area contributed by atoms with E-state index in [1.165, 1.54) is 0 Å². The minimum Gasteiger partial charge on any atom is -0.302 e. The summed E-state index contributed by atoms with van der Waals surface area (Å²) < 4.78 is 1.69. The van der Waals surface area contributed by atoms with Crippen molar-refractivity contribution in [3.05, 3.63) is 39.6 Å². The van der Waals surface area contributed by atoms with Crippen molar-refractivity contribution in [3.8, 4) is 0 Å². The average Bonchev–Trinajstić information content (AvgIpc) is 2.75. The molecule has 0 fully saturated rings. The highest BCUT2D eigenvalue weighted by atomic mass is 32.1. The van der Waals surface area contributed by atoms with Gasteiger partial charge in [-0.2, -0.15) is 0 Å². The molecule has 16 heavy (non-hydrogen) atoms. The maximum Gasteiger partial charge on any atom is 0.260 e. The number of hydrogen-bond acceptors (Lipinski definition) is 3. The summed E-state index contributed by atoms with van der Waals surface area (Å²) in [5.41, 5.74) is 1.78. The van der Waals surface area contributed by atoms with Gasteiger partial charge in [-0.05, 0) is 30.5 Å². The van der Waals surface area contributed by atoms with Crippen LogP contribution in [0.1, 0.15) is 5.69 Å². The fraction of sp³-hybridized carbons (Fsp3) is 0.167. The quantitative estimate of drug-likeness (QED) is 0.594. The molecule has 3 rings (SSSR count). The van der Waals surface area contributed by atoms with Crippen molar-refractivity contribution in [1.82, 2.24) is 9.55 Å². The fourth-order valence-corrected chi connectivity index (χ4v) is 2.81. The van der Waals surface area contributed by atoms with Crippen LogP contribution in [0.25, 0.3) is 21.1 Å². The van der Waals surface area contributed by atoms with E-state index in [2.05, 4.69) is 4.98 Å². The topological polar surface area (TPSA) is 34.9 Å². The molecule has 0 radical (unpaired) electrons. The zero-order valence-corrected chi connectivity index (χ0v) is 9.84. The predicted molar refractivity (Wildman–Crippen MR) is 67.1 cm³/mol. The highest BCUT2D eigenvalue weighted by Gasteiger charge is 2.10. The molecule has 0 aliphatic rings. The highest BCUT2D eigenvalue weighted by Crippen LogP contribution is 2.25. The minimum absolute atomic E-state index is 0.0254. The number of aryl methyl sites for hydroxylation is 2. The van der Waals surface area contributed by atoms with Crippen LogP contribution in [0.4, 0.5) is 0 Å². The number of aromatic nitrogens is 2. The van der Waals surface area contributed by atoms with Gasteiger partial charge >= 0.3 is 0 Å². The zero-order chi connectivity index (χ0) is 11.3. The van der Waals surface area contributed by atoms with E-state index in [4.69, 9.17) is 0 Å². The molecule has 0 unspecified atom stereocenters. The summed E-state index contributed by atoms with van der Waals surface area (Å²) in [6.45, 7) is 1.94. The molecule has 0 N–H and O–H groups in total. The summed E-state index contributed by atoms with van der Waals surface area (Å²) in [7, 11) is 1.81. The first kappa shape index (κ1) is 9.54. The Morgan fingerprint density at radius 2 is 2.06 bits per heavy atom. The van der Waals surface area contributed by atoms with Gasteiger partial charge in [-0.1, -0.05) is 0 Å². The summed E-state index contributed by atoms with van der Waals surface area (Å²) >= 11 is 1.57. The van der Waals surface area contributed by atoms with Gasteiger partial charge in [0.1, 0.15) is 4.83 Å². The Labute approximate surface area is 96.0 Å². The van der Waals surface area contributed by atoms with Crippen LogP contribution in [0.3, 0.4) is 0 Å². The summed E-state index contributed by atoms with van der Waals surface area (Å²) in [5, 5.41) is 3.75. The zero-order valence-electron chi connectivity index (χ0n) is 9.02. The second kappa shape index (κ2) is 3.15. The van der Waals surface area contributed by atoms with Gasteiger partial charge in [0.25, 0.3) is 5.56 Å². The molecule has 0 aromatic carbocycles. The first-order valence-electron chi connectivity index (χ1n) is 5.02. The molecular weight excluding hydrogens is 220 g/mol. The van der Waals surface area contributed by atoms with Crippen molar-refractivity contribution in [2.45, 2.75) is 6.92 Å². The number of hydrogen-bond donors (Lipinski definition) is 0. The monoisotopic (exact) mass is 230 g/mol. The van der Waals surface area contributed by atoms with Crippen molar-refractivity contribution in [2.75, 3.05) is 0 Å². The van der Waals surface area contributed by atoms with E-state index < -0.39 is 0 Å². The Morgan fingerprint density at radius 3 is 2.88 bits per heavy atom. The molecule has 3 aromatic heterocycles. The number of rotatable bonds is 0. The van der Waals surface area contributed by atoms with E-state index in [1.807, 2.05) is 30.5 Å². The van der Waals surface area contributed by atoms with Crippen LogP contribution >= 0.6 is 11.3 Å². The lowest BCUT2D eigenvalue weighted by Gasteiger charge is -2.04. The smallest absolute Gasteiger partial charge is 0.260 e. The molecule has 0 aliphatic heterocycles. The summed E-state index contributed by atoms with van der Waals surface area (Å²) in [6.07, 6.45) is 0.